The van der Waals surface area contributed by atoms with Crippen molar-refractivity contribution in [3.05, 3.63) is 23.8 Å². The highest BCUT2D eigenvalue weighted by molar-refractivity contribution is 7.98. The Kier molecular flexibility index (Phi) is 5.55. The molecule has 1 aliphatic heterocycles. The van der Waals surface area contributed by atoms with Gasteiger partial charge in [-0.25, -0.2) is 0 Å². The fourth-order valence-corrected chi connectivity index (χ4v) is 3.23. The topological polar surface area (TPSA) is 32.7 Å². The standard InChI is InChI=1S/C15H23NO2S/c1-18-14-8-12(5-6-15(14)19-2)9-16-7-3-4-13(10-16)11-17/h5-6,8,13,17H,3-4,7,9-11H2,1-2H3/t13-/m0/s1. The molecular formula is C15H23NO2S. The first-order valence-corrected chi connectivity index (χ1v) is 8.03. The van der Waals surface area contributed by atoms with Gasteiger partial charge in [-0.3, -0.25) is 4.90 Å². The molecule has 0 bridgehead atoms. The predicted octanol–water partition coefficient (Wildman–Crippen LogP) is 2.62. The fraction of sp³-hybridized carbons (Fsp3) is 0.600. The minimum atomic E-state index is 0.311. The number of aliphatic hydroxyl groups is 1. The van der Waals surface area contributed by atoms with Gasteiger partial charge in [-0.1, -0.05) is 6.07 Å². The Balaban J connectivity index is 2.02. The molecule has 0 unspecified atom stereocenters. The van der Waals surface area contributed by atoms with E-state index in [9.17, 15) is 5.11 Å². The van der Waals surface area contributed by atoms with Crippen LogP contribution in [0.15, 0.2) is 23.1 Å². The van der Waals surface area contributed by atoms with E-state index in [0.717, 1.165) is 31.8 Å². The summed E-state index contributed by atoms with van der Waals surface area (Å²) >= 11 is 1.71. The van der Waals surface area contributed by atoms with Crippen LogP contribution in [0.2, 0.25) is 0 Å². The summed E-state index contributed by atoms with van der Waals surface area (Å²) in [4.78, 5) is 3.61. The molecule has 4 heteroatoms. The summed E-state index contributed by atoms with van der Waals surface area (Å²) in [5.74, 6) is 1.40. The van der Waals surface area contributed by atoms with E-state index in [1.165, 1.54) is 16.9 Å². The first kappa shape index (κ1) is 14.7. The van der Waals surface area contributed by atoms with Gasteiger partial charge < -0.3 is 9.84 Å². The minimum absolute atomic E-state index is 0.311. The van der Waals surface area contributed by atoms with Crippen LogP contribution in [0.25, 0.3) is 0 Å². The number of piperidine rings is 1. The van der Waals surface area contributed by atoms with Crippen molar-refractivity contribution in [2.45, 2.75) is 24.3 Å². The average molecular weight is 281 g/mol. The van der Waals surface area contributed by atoms with Crippen molar-refractivity contribution in [3.8, 4) is 5.75 Å². The first-order chi connectivity index (χ1) is 9.26. The van der Waals surface area contributed by atoms with Gasteiger partial charge in [-0.05, 0) is 49.3 Å². The number of hydrogen-bond donors (Lipinski definition) is 1. The van der Waals surface area contributed by atoms with E-state index >= 15 is 0 Å². The molecule has 1 fully saturated rings. The molecule has 1 aromatic rings. The number of nitrogens with zero attached hydrogens (tertiary/aromatic N) is 1. The third-order valence-corrected chi connectivity index (χ3v) is 4.49. The van der Waals surface area contributed by atoms with Gasteiger partial charge in [0.1, 0.15) is 5.75 Å². The number of rotatable bonds is 5. The molecule has 0 spiro atoms. The minimum Gasteiger partial charge on any atom is -0.496 e. The third kappa shape index (κ3) is 3.88. The zero-order valence-electron chi connectivity index (χ0n) is 11.8. The zero-order chi connectivity index (χ0) is 13.7. The Morgan fingerprint density at radius 1 is 1.47 bits per heavy atom. The molecule has 2 rings (SSSR count). The zero-order valence-corrected chi connectivity index (χ0v) is 12.6. The third-order valence-electron chi connectivity index (χ3n) is 3.72. The second kappa shape index (κ2) is 7.17. The molecule has 1 heterocycles. The average Bonchev–Trinajstić information content (AvgIpc) is 2.47. The van der Waals surface area contributed by atoms with Crippen LogP contribution in [0.5, 0.6) is 5.75 Å². The lowest BCUT2D eigenvalue weighted by Crippen LogP contribution is -2.36. The maximum Gasteiger partial charge on any atom is 0.132 e. The lowest BCUT2D eigenvalue weighted by Gasteiger charge is -2.31. The number of methoxy groups -OCH3 is 1. The van der Waals surface area contributed by atoms with Gasteiger partial charge in [0.2, 0.25) is 0 Å². The molecule has 1 aliphatic rings. The van der Waals surface area contributed by atoms with Crippen molar-refractivity contribution in [1.29, 1.82) is 0 Å². The Labute approximate surface area is 120 Å². The van der Waals surface area contributed by atoms with E-state index in [1.807, 2.05) is 0 Å². The maximum atomic E-state index is 9.28. The highest BCUT2D eigenvalue weighted by Gasteiger charge is 2.19. The molecule has 1 saturated heterocycles. The van der Waals surface area contributed by atoms with Crippen molar-refractivity contribution in [2.75, 3.05) is 33.1 Å². The van der Waals surface area contributed by atoms with Crippen LogP contribution in [0, 0.1) is 5.92 Å². The lowest BCUT2D eigenvalue weighted by atomic mass is 9.98. The summed E-state index contributed by atoms with van der Waals surface area (Å²) in [5, 5.41) is 9.28. The summed E-state index contributed by atoms with van der Waals surface area (Å²) in [5.41, 5.74) is 1.29. The molecule has 0 aliphatic carbocycles. The predicted molar refractivity (Wildman–Crippen MR) is 79.9 cm³/mol. The Morgan fingerprint density at radius 2 is 2.32 bits per heavy atom. The first-order valence-electron chi connectivity index (χ1n) is 6.81. The molecule has 0 radical (unpaired) electrons. The molecule has 19 heavy (non-hydrogen) atoms. The van der Waals surface area contributed by atoms with E-state index in [-0.39, 0.29) is 0 Å². The van der Waals surface area contributed by atoms with Crippen molar-refractivity contribution >= 4 is 11.8 Å². The summed E-state index contributed by atoms with van der Waals surface area (Å²) in [6.07, 6.45) is 4.40. The van der Waals surface area contributed by atoms with Crippen molar-refractivity contribution in [1.82, 2.24) is 4.90 Å². The molecular weight excluding hydrogens is 258 g/mol. The Bertz CT molecular complexity index is 411. The van der Waals surface area contributed by atoms with Gasteiger partial charge in [0, 0.05) is 24.6 Å². The number of benzene rings is 1. The molecule has 0 saturated carbocycles. The van der Waals surface area contributed by atoms with E-state index in [0.29, 0.717) is 12.5 Å². The molecule has 0 aromatic heterocycles. The van der Waals surface area contributed by atoms with Gasteiger partial charge >= 0.3 is 0 Å². The number of aliphatic hydroxyl groups excluding tert-OH is 1. The van der Waals surface area contributed by atoms with E-state index in [2.05, 4.69) is 29.4 Å². The summed E-state index contributed by atoms with van der Waals surface area (Å²) in [7, 11) is 1.72. The molecule has 1 aromatic carbocycles. The van der Waals surface area contributed by atoms with Crippen molar-refractivity contribution < 1.29 is 9.84 Å². The van der Waals surface area contributed by atoms with Gasteiger partial charge in [-0.15, -0.1) is 11.8 Å². The van der Waals surface area contributed by atoms with Crippen molar-refractivity contribution in [2.24, 2.45) is 5.92 Å². The fourth-order valence-electron chi connectivity index (χ4n) is 2.68. The summed E-state index contributed by atoms with van der Waals surface area (Å²) in [6, 6.07) is 6.44. The van der Waals surface area contributed by atoms with E-state index < -0.39 is 0 Å². The van der Waals surface area contributed by atoms with Crippen LogP contribution >= 0.6 is 11.8 Å². The number of likely N-dealkylation sites (tertiary alicyclic amines) is 1. The molecule has 1 N–H and O–H groups in total. The molecule has 106 valence electrons. The van der Waals surface area contributed by atoms with E-state index in [4.69, 9.17) is 4.74 Å². The van der Waals surface area contributed by atoms with Gasteiger partial charge in [0.05, 0.1) is 7.11 Å². The monoisotopic (exact) mass is 281 g/mol. The number of hydrogen-bond acceptors (Lipinski definition) is 4. The second-order valence-corrected chi connectivity index (χ2v) is 5.96. The number of ether oxygens (including phenoxy) is 1. The largest absolute Gasteiger partial charge is 0.496 e. The van der Waals surface area contributed by atoms with Crippen LogP contribution < -0.4 is 4.74 Å². The molecule has 0 amide bonds. The van der Waals surface area contributed by atoms with Gasteiger partial charge in [0.15, 0.2) is 0 Å². The summed E-state index contributed by atoms with van der Waals surface area (Å²) in [6.45, 7) is 3.39. The SMILES string of the molecule is COc1cc(CN2CCC[C@H](CO)C2)ccc1SC. The Morgan fingerprint density at radius 3 is 3.00 bits per heavy atom. The van der Waals surface area contributed by atoms with Gasteiger partial charge in [0.25, 0.3) is 0 Å². The molecule has 3 nitrogen and oxygen atoms in total. The van der Waals surface area contributed by atoms with Crippen LogP contribution in [0.1, 0.15) is 18.4 Å². The highest BCUT2D eigenvalue weighted by atomic mass is 32.2. The second-order valence-electron chi connectivity index (χ2n) is 5.12. The van der Waals surface area contributed by atoms with Crippen LogP contribution in [-0.4, -0.2) is 43.1 Å². The molecule has 1 atom stereocenters. The maximum absolute atomic E-state index is 9.28. The van der Waals surface area contributed by atoms with Crippen LogP contribution in [-0.2, 0) is 6.54 Å². The lowest BCUT2D eigenvalue weighted by molar-refractivity contribution is 0.116. The normalized spacial score (nSPS) is 20.5. The quantitative estimate of drug-likeness (QED) is 0.841. The van der Waals surface area contributed by atoms with Crippen LogP contribution in [0.4, 0.5) is 0 Å². The van der Waals surface area contributed by atoms with Gasteiger partial charge in [-0.2, -0.15) is 0 Å². The van der Waals surface area contributed by atoms with Crippen LogP contribution in [0.3, 0.4) is 0 Å². The highest BCUT2D eigenvalue weighted by Crippen LogP contribution is 2.29. The summed E-state index contributed by atoms with van der Waals surface area (Å²) < 4.78 is 5.43. The number of thioether (sulfide) groups is 1. The Hall–Kier alpha value is -0.710. The van der Waals surface area contributed by atoms with Crippen molar-refractivity contribution in [3.63, 3.8) is 0 Å². The van der Waals surface area contributed by atoms with E-state index in [1.54, 1.807) is 18.9 Å². The smallest absolute Gasteiger partial charge is 0.132 e.